The van der Waals surface area contributed by atoms with E-state index in [1.807, 2.05) is 30.7 Å². The Balaban J connectivity index is 1.40. The molecule has 3 heterocycles. The normalized spacial score (nSPS) is 11.1. The van der Waals surface area contributed by atoms with Crippen molar-refractivity contribution in [2.24, 2.45) is 0 Å². The van der Waals surface area contributed by atoms with E-state index in [9.17, 15) is 4.79 Å². The van der Waals surface area contributed by atoms with E-state index in [0.29, 0.717) is 23.3 Å². The summed E-state index contributed by atoms with van der Waals surface area (Å²) in [5.41, 5.74) is 3.05. The number of hydrogen-bond donors (Lipinski definition) is 1. The number of nitrogens with one attached hydrogen (secondary N) is 1. The van der Waals surface area contributed by atoms with Gasteiger partial charge in [0.1, 0.15) is 13.0 Å². The molecule has 1 aromatic carbocycles. The molecule has 0 fully saturated rings. The highest BCUT2D eigenvalue weighted by atomic mass is 35.5. The van der Waals surface area contributed by atoms with E-state index < -0.39 is 5.91 Å². The topological polar surface area (TPSA) is 95.5 Å². The Morgan fingerprint density at radius 3 is 2.63 bits per heavy atom. The van der Waals surface area contributed by atoms with E-state index in [0.717, 1.165) is 17.0 Å². The quantitative estimate of drug-likeness (QED) is 0.491. The smallest absolute Gasteiger partial charge is 0.278 e. The van der Waals surface area contributed by atoms with Crippen LogP contribution in [0, 0.1) is 13.8 Å². The second-order valence-electron chi connectivity index (χ2n) is 6.76. The van der Waals surface area contributed by atoms with Crippen molar-refractivity contribution < 1.29 is 4.79 Å². The van der Waals surface area contributed by atoms with Crippen LogP contribution in [-0.2, 0) is 13.2 Å². The molecular weight excluding hydrogens is 427 g/mol. The van der Waals surface area contributed by atoms with Crippen LogP contribution in [0.15, 0.2) is 42.9 Å². The van der Waals surface area contributed by atoms with E-state index in [2.05, 4.69) is 25.6 Å². The summed E-state index contributed by atoms with van der Waals surface area (Å²) < 4.78 is 5.03. The number of aromatic nitrogens is 7. The lowest BCUT2D eigenvalue weighted by molar-refractivity contribution is 0.102. The van der Waals surface area contributed by atoms with Gasteiger partial charge in [0.2, 0.25) is 5.95 Å². The average Bonchev–Trinajstić information content (AvgIpc) is 3.39. The first-order chi connectivity index (χ1) is 14.4. The van der Waals surface area contributed by atoms with Gasteiger partial charge in [-0.1, -0.05) is 29.3 Å². The second-order valence-corrected chi connectivity index (χ2v) is 7.61. The molecule has 154 valence electrons. The van der Waals surface area contributed by atoms with Crippen LogP contribution >= 0.6 is 23.2 Å². The Bertz CT molecular complexity index is 1210. The summed E-state index contributed by atoms with van der Waals surface area (Å²) in [6.45, 7) is 4.71. The Labute approximate surface area is 182 Å². The molecule has 0 atom stereocenters. The Morgan fingerprint density at radius 1 is 1.07 bits per heavy atom. The first kappa shape index (κ1) is 20.1. The van der Waals surface area contributed by atoms with Crippen molar-refractivity contribution in [3.8, 4) is 0 Å². The van der Waals surface area contributed by atoms with Gasteiger partial charge in [0.05, 0.1) is 12.2 Å². The van der Waals surface area contributed by atoms with Crippen molar-refractivity contribution >= 4 is 35.1 Å². The summed E-state index contributed by atoms with van der Waals surface area (Å²) in [4.78, 5) is 16.6. The van der Waals surface area contributed by atoms with Crippen LogP contribution in [0.5, 0.6) is 0 Å². The minimum atomic E-state index is -0.399. The predicted molar refractivity (Wildman–Crippen MR) is 113 cm³/mol. The van der Waals surface area contributed by atoms with Crippen LogP contribution in [0.2, 0.25) is 10.0 Å². The highest BCUT2D eigenvalue weighted by molar-refractivity contribution is 6.35. The van der Waals surface area contributed by atoms with Gasteiger partial charge >= 0.3 is 0 Å². The number of anilines is 1. The Hall–Kier alpha value is -3.17. The zero-order chi connectivity index (χ0) is 21.3. The van der Waals surface area contributed by atoms with Crippen molar-refractivity contribution in [3.63, 3.8) is 0 Å². The maximum Gasteiger partial charge on any atom is 0.278 e. The number of hydrogen-bond acceptors (Lipinski definition) is 5. The highest BCUT2D eigenvalue weighted by Crippen LogP contribution is 2.21. The van der Waals surface area contributed by atoms with Gasteiger partial charge in [-0.15, -0.1) is 5.10 Å². The van der Waals surface area contributed by atoms with E-state index >= 15 is 0 Å². The number of aryl methyl sites for hydroxylation is 2. The molecule has 0 saturated heterocycles. The summed E-state index contributed by atoms with van der Waals surface area (Å²) in [5, 5.41) is 16.7. The molecule has 1 amide bonds. The SMILES string of the molecule is Cc1cc(C)n(Cn2ccc(C(=O)Nc3ncn(Cc4ccc(Cl)cc4Cl)n3)n2)n1. The molecule has 0 aliphatic heterocycles. The minimum absolute atomic E-state index is 0.179. The number of halogens is 2. The highest BCUT2D eigenvalue weighted by Gasteiger charge is 2.13. The van der Waals surface area contributed by atoms with Crippen molar-refractivity contribution in [2.75, 3.05) is 5.32 Å². The molecular formula is C19H18Cl2N8O. The van der Waals surface area contributed by atoms with Crippen molar-refractivity contribution in [2.45, 2.75) is 27.1 Å². The molecule has 0 aliphatic carbocycles. The first-order valence-electron chi connectivity index (χ1n) is 9.06. The van der Waals surface area contributed by atoms with Crippen LogP contribution in [-0.4, -0.2) is 40.2 Å². The Kier molecular flexibility index (Phi) is 5.56. The molecule has 1 N–H and O–H groups in total. The maximum absolute atomic E-state index is 12.5. The molecule has 3 aromatic heterocycles. The number of nitrogens with zero attached hydrogens (tertiary/aromatic N) is 7. The number of amides is 1. The van der Waals surface area contributed by atoms with Gasteiger partial charge in [0.25, 0.3) is 5.91 Å². The summed E-state index contributed by atoms with van der Waals surface area (Å²) in [6.07, 6.45) is 3.24. The first-order valence-corrected chi connectivity index (χ1v) is 9.82. The van der Waals surface area contributed by atoms with Gasteiger partial charge < -0.3 is 0 Å². The lowest BCUT2D eigenvalue weighted by atomic mass is 10.2. The zero-order valence-corrected chi connectivity index (χ0v) is 17.8. The second kappa shape index (κ2) is 8.29. The molecule has 0 aliphatic rings. The summed E-state index contributed by atoms with van der Waals surface area (Å²) in [5.74, 6) is -0.220. The average molecular weight is 445 g/mol. The molecule has 0 spiro atoms. The number of rotatable bonds is 6. The third-order valence-electron chi connectivity index (χ3n) is 4.36. The van der Waals surface area contributed by atoms with E-state index in [1.165, 1.54) is 6.33 Å². The van der Waals surface area contributed by atoms with Gasteiger partial charge in [0, 0.05) is 21.9 Å². The molecule has 4 aromatic rings. The van der Waals surface area contributed by atoms with Crippen LogP contribution in [0.1, 0.15) is 27.4 Å². The van der Waals surface area contributed by atoms with Gasteiger partial charge in [-0.2, -0.15) is 10.2 Å². The number of benzene rings is 1. The van der Waals surface area contributed by atoms with Crippen molar-refractivity contribution in [3.05, 3.63) is 75.5 Å². The largest absolute Gasteiger partial charge is 0.288 e. The molecule has 0 unspecified atom stereocenters. The fourth-order valence-electron chi connectivity index (χ4n) is 2.94. The van der Waals surface area contributed by atoms with E-state index in [-0.39, 0.29) is 11.6 Å². The monoisotopic (exact) mass is 444 g/mol. The third-order valence-corrected chi connectivity index (χ3v) is 4.95. The van der Waals surface area contributed by atoms with E-state index in [1.54, 1.807) is 33.8 Å². The zero-order valence-electron chi connectivity index (χ0n) is 16.3. The van der Waals surface area contributed by atoms with Gasteiger partial charge in [-0.3, -0.25) is 14.8 Å². The molecule has 4 rings (SSSR count). The van der Waals surface area contributed by atoms with Crippen LogP contribution < -0.4 is 5.32 Å². The number of carbonyl (C=O) groups is 1. The lowest BCUT2D eigenvalue weighted by Crippen LogP contribution is -2.16. The molecule has 11 heteroatoms. The molecule has 0 bridgehead atoms. The molecule has 9 nitrogen and oxygen atoms in total. The fraction of sp³-hybridized carbons (Fsp3) is 0.211. The van der Waals surface area contributed by atoms with Crippen LogP contribution in [0.4, 0.5) is 5.95 Å². The summed E-state index contributed by atoms with van der Waals surface area (Å²) in [6, 6.07) is 8.85. The van der Waals surface area contributed by atoms with Crippen molar-refractivity contribution in [1.29, 1.82) is 0 Å². The van der Waals surface area contributed by atoms with E-state index in [4.69, 9.17) is 23.2 Å². The fourth-order valence-corrected chi connectivity index (χ4v) is 3.40. The van der Waals surface area contributed by atoms with Gasteiger partial charge in [-0.25, -0.2) is 14.3 Å². The summed E-state index contributed by atoms with van der Waals surface area (Å²) >= 11 is 12.1. The third kappa shape index (κ3) is 4.52. The van der Waals surface area contributed by atoms with Crippen LogP contribution in [0.25, 0.3) is 0 Å². The maximum atomic E-state index is 12.5. The Morgan fingerprint density at radius 2 is 1.90 bits per heavy atom. The summed E-state index contributed by atoms with van der Waals surface area (Å²) in [7, 11) is 0. The molecule has 0 saturated carbocycles. The van der Waals surface area contributed by atoms with Gasteiger partial charge in [-0.05, 0) is 43.7 Å². The minimum Gasteiger partial charge on any atom is -0.288 e. The predicted octanol–water partition coefficient (Wildman–Crippen LogP) is 3.40. The number of carbonyl (C=O) groups excluding carboxylic acids is 1. The molecule has 30 heavy (non-hydrogen) atoms. The van der Waals surface area contributed by atoms with Crippen LogP contribution in [0.3, 0.4) is 0 Å². The molecule has 0 radical (unpaired) electrons. The van der Waals surface area contributed by atoms with Gasteiger partial charge in [0.15, 0.2) is 5.69 Å². The van der Waals surface area contributed by atoms with Crippen molar-refractivity contribution in [1.82, 2.24) is 34.3 Å². The lowest BCUT2D eigenvalue weighted by Gasteiger charge is -2.04. The standard InChI is InChI=1S/C19H18Cl2N8O/c1-12-7-13(2)29(24-12)11-27-6-5-17(25-27)18(30)23-19-22-10-28(26-19)9-14-3-4-15(20)8-16(14)21/h3-8,10H,9,11H2,1-2H3,(H,23,26,30).